The summed E-state index contributed by atoms with van der Waals surface area (Å²) in [4.78, 5) is 0. The summed E-state index contributed by atoms with van der Waals surface area (Å²) in [6, 6.07) is 5.57. The van der Waals surface area contributed by atoms with E-state index in [2.05, 4.69) is 19.2 Å². The lowest BCUT2D eigenvalue weighted by Gasteiger charge is -2.41. The predicted octanol–water partition coefficient (Wildman–Crippen LogP) is 4.45. The van der Waals surface area contributed by atoms with Crippen LogP contribution in [0.3, 0.4) is 0 Å². The van der Waals surface area contributed by atoms with Crippen LogP contribution in [0, 0.1) is 11.2 Å². The van der Waals surface area contributed by atoms with Crippen LogP contribution in [0.2, 0.25) is 0 Å². The molecular weight excluding hydrogens is 253 g/mol. The SMILES string of the molecule is COc1ccc(C(C)NC2CCCCC2(C)C)c(F)c1. The Balaban J connectivity index is 2.09. The second-order valence-corrected chi connectivity index (χ2v) is 6.56. The molecule has 0 aliphatic heterocycles. The van der Waals surface area contributed by atoms with E-state index in [1.54, 1.807) is 7.11 Å². The van der Waals surface area contributed by atoms with E-state index in [1.165, 1.54) is 31.7 Å². The summed E-state index contributed by atoms with van der Waals surface area (Å²) in [5.74, 6) is 0.370. The van der Waals surface area contributed by atoms with Gasteiger partial charge in [-0.1, -0.05) is 32.8 Å². The maximum absolute atomic E-state index is 14.1. The summed E-state index contributed by atoms with van der Waals surface area (Å²) < 4.78 is 19.2. The van der Waals surface area contributed by atoms with E-state index < -0.39 is 0 Å². The van der Waals surface area contributed by atoms with E-state index in [9.17, 15) is 4.39 Å². The van der Waals surface area contributed by atoms with Crippen LogP contribution >= 0.6 is 0 Å². The number of ether oxygens (including phenoxy) is 1. The summed E-state index contributed by atoms with van der Waals surface area (Å²) in [6.07, 6.45) is 4.98. The molecule has 0 radical (unpaired) electrons. The molecule has 112 valence electrons. The van der Waals surface area contributed by atoms with Crippen molar-refractivity contribution >= 4 is 0 Å². The topological polar surface area (TPSA) is 21.3 Å². The molecule has 1 aliphatic rings. The molecule has 1 fully saturated rings. The number of rotatable bonds is 4. The molecule has 1 aromatic rings. The third kappa shape index (κ3) is 3.32. The standard InChI is InChI=1S/C17H26FNO/c1-12(14-9-8-13(20-4)11-15(14)18)19-16-7-5-6-10-17(16,2)3/h8-9,11-12,16,19H,5-7,10H2,1-4H3. The van der Waals surface area contributed by atoms with E-state index in [0.29, 0.717) is 17.4 Å². The summed E-state index contributed by atoms with van der Waals surface area (Å²) in [5, 5.41) is 3.62. The lowest BCUT2D eigenvalue weighted by molar-refractivity contribution is 0.157. The molecule has 0 spiro atoms. The Morgan fingerprint density at radius 2 is 2.10 bits per heavy atom. The number of hydrogen-bond acceptors (Lipinski definition) is 2. The van der Waals surface area contributed by atoms with Crippen molar-refractivity contribution in [3.8, 4) is 5.75 Å². The van der Waals surface area contributed by atoms with Gasteiger partial charge in [0, 0.05) is 23.7 Å². The Bertz CT molecular complexity index is 458. The van der Waals surface area contributed by atoms with Crippen LogP contribution in [0.4, 0.5) is 4.39 Å². The van der Waals surface area contributed by atoms with Gasteiger partial charge in [-0.15, -0.1) is 0 Å². The first-order valence-corrected chi connectivity index (χ1v) is 7.53. The lowest BCUT2D eigenvalue weighted by Crippen LogP contribution is -2.45. The minimum absolute atomic E-state index is 0.0169. The van der Waals surface area contributed by atoms with Gasteiger partial charge in [0.1, 0.15) is 11.6 Å². The van der Waals surface area contributed by atoms with Gasteiger partial charge in [0.15, 0.2) is 0 Å². The average Bonchev–Trinajstić information content (AvgIpc) is 2.40. The van der Waals surface area contributed by atoms with E-state index in [-0.39, 0.29) is 17.3 Å². The van der Waals surface area contributed by atoms with Crippen LogP contribution in [0.1, 0.15) is 58.1 Å². The molecule has 1 N–H and O–H groups in total. The highest BCUT2D eigenvalue weighted by Gasteiger charge is 2.33. The normalized spacial score (nSPS) is 23.4. The van der Waals surface area contributed by atoms with Gasteiger partial charge in [0.2, 0.25) is 0 Å². The zero-order chi connectivity index (χ0) is 14.8. The molecule has 0 bridgehead atoms. The van der Waals surface area contributed by atoms with E-state index in [1.807, 2.05) is 19.1 Å². The van der Waals surface area contributed by atoms with Gasteiger partial charge in [-0.3, -0.25) is 0 Å². The number of benzene rings is 1. The molecule has 1 aliphatic carbocycles. The minimum Gasteiger partial charge on any atom is -0.497 e. The molecule has 0 aromatic heterocycles. The number of methoxy groups -OCH3 is 1. The van der Waals surface area contributed by atoms with Crippen LogP contribution < -0.4 is 10.1 Å². The Morgan fingerprint density at radius 3 is 2.70 bits per heavy atom. The maximum Gasteiger partial charge on any atom is 0.131 e. The minimum atomic E-state index is -0.196. The van der Waals surface area contributed by atoms with Gasteiger partial charge >= 0.3 is 0 Å². The molecule has 2 rings (SSSR count). The van der Waals surface area contributed by atoms with E-state index >= 15 is 0 Å². The predicted molar refractivity (Wildman–Crippen MR) is 80.5 cm³/mol. The van der Waals surface area contributed by atoms with Crippen LogP contribution in [-0.4, -0.2) is 13.2 Å². The van der Waals surface area contributed by atoms with Crippen molar-refractivity contribution in [2.24, 2.45) is 5.41 Å². The van der Waals surface area contributed by atoms with Crippen molar-refractivity contribution in [2.45, 2.75) is 58.5 Å². The Morgan fingerprint density at radius 1 is 1.35 bits per heavy atom. The Labute approximate surface area is 121 Å². The highest BCUT2D eigenvalue weighted by molar-refractivity contribution is 5.30. The number of hydrogen-bond donors (Lipinski definition) is 1. The first kappa shape index (κ1) is 15.3. The van der Waals surface area contributed by atoms with Gasteiger partial charge in [-0.05, 0) is 31.2 Å². The van der Waals surface area contributed by atoms with Crippen molar-refractivity contribution < 1.29 is 9.13 Å². The zero-order valence-corrected chi connectivity index (χ0v) is 13.0. The van der Waals surface area contributed by atoms with Crippen LogP contribution in [0.15, 0.2) is 18.2 Å². The largest absolute Gasteiger partial charge is 0.497 e. The molecular formula is C17H26FNO. The molecule has 2 atom stereocenters. The van der Waals surface area contributed by atoms with Gasteiger partial charge in [-0.25, -0.2) is 4.39 Å². The molecule has 2 nitrogen and oxygen atoms in total. The fourth-order valence-electron chi connectivity index (χ4n) is 3.18. The quantitative estimate of drug-likeness (QED) is 0.879. The van der Waals surface area contributed by atoms with Gasteiger partial charge in [0.25, 0.3) is 0 Å². The molecule has 20 heavy (non-hydrogen) atoms. The fourth-order valence-corrected chi connectivity index (χ4v) is 3.18. The van der Waals surface area contributed by atoms with Crippen molar-refractivity contribution in [3.05, 3.63) is 29.6 Å². The zero-order valence-electron chi connectivity index (χ0n) is 13.0. The summed E-state index contributed by atoms with van der Waals surface area (Å²) in [7, 11) is 1.56. The summed E-state index contributed by atoms with van der Waals surface area (Å²) in [5.41, 5.74) is 1.00. The van der Waals surface area contributed by atoms with Crippen molar-refractivity contribution in [1.82, 2.24) is 5.32 Å². The first-order chi connectivity index (χ1) is 9.44. The van der Waals surface area contributed by atoms with Crippen LogP contribution in [-0.2, 0) is 0 Å². The molecule has 1 aromatic carbocycles. The third-order valence-corrected chi connectivity index (χ3v) is 4.63. The Kier molecular flexibility index (Phi) is 4.69. The van der Waals surface area contributed by atoms with Crippen molar-refractivity contribution in [3.63, 3.8) is 0 Å². The van der Waals surface area contributed by atoms with Crippen molar-refractivity contribution in [1.29, 1.82) is 0 Å². The summed E-state index contributed by atoms with van der Waals surface area (Å²) in [6.45, 7) is 6.65. The second kappa shape index (κ2) is 6.13. The van der Waals surface area contributed by atoms with Gasteiger partial charge < -0.3 is 10.1 Å². The smallest absolute Gasteiger partial charge is 0.131 e. The monoisotopic (exact) mass is 279 g/mol. The Hall–Kier alpha value is -1.09. The van der Waals surface area contributed by atoms with E-state index in [4.69, 9.17) is 4.74 Å². The highest BCUT2D eigenvalue weighted by atomic mass is 19.1. The van der Waals surface area contributed by atoms with Crippen LogP contribution in [0.5, 0.6) is 5.75 Å². The molecule has 0 amide bonds. The lowest BCUT2D eigenvalue weighted by atomic mass is 9.73. The summed E-state index contributed by atoms with van der Waals surface area (Å²) >= 11 is 0. The van der Waals surface area contributed by atoms with Gasteiger partial charge in [-0.2, -0.15) is 0 Å². The highest BCUT2D eigenvalue weighted by Crippen LogP contribution is 2.37. The molecule has 0 saturated heterocycles. The van der Waals surface area contributed by atoms with E-state index in [0.717, 1.165) is 0 Å². The average molecular weight is 279 g/mol. The van der Waals surface area contributed by atoms with Gasteiger partial charge in [0.05, 0.1) is 7.11 Å². The first-order valence-electron chi connectivity index (χ1n) is 7.53. The third-order valence-electron chi connectivity index (χ3n) is 4.63. The molecule has 3 heteroatoms. The fraction of sp³-hybridized carbons (Fsp3) is 0.647. The number of halogens is 1. The number of nitrogens with one attached hydrogen (secondary N) is 1. The maximum atomic E-state index is 14.1. The van der Waals surface area contributed by atoms with Crippen LogP contribution in [0.25, 0.3) is 0 Å². The molecule has 2 unspecified atom stereocenters. The van der Waals surface area contributed by atoms with Crippen molar-refractivity contribution in [2.75, 3.05) is 7.11 Å². The molecule has 1 saturated carbocycles. The second-order valence-electron chi connectivity index (χ2n) is 6.56. The molecule has 0 heterocycles.